The summed E-state index contributed by atoms with van der Waals surface area (Å²) in [5.74, 6) is -1.08. The van der Waals surface area contributed by atoms with E-state index < -0.39 is 5.82 Å². The highest BCUT2D eigenvalue weighted by atomic mass is 35.5. The van der Waals surface area contributed by atoms with Crippen molar-refractivity contribution in [3.63, 3.8) is 0 Å². The number of rotatable bonds is 6. The van der Waals surface area contributed by atoms with Crippen molar-refractivity contribution in [3.8, 4) is 0 Å². The van der Waals surface area contributed by atoms with Gasteiger partial charge in [0.1, 0.15) is 5.82 Å². The van der Waals surface area contributed by atoms with Gasteiger partial charge in [0.15, 0.2) is 5.13 Å². The highest BCUT2D eigenvalue weighted by Crippen LogP contribution is 2.21. The summed E-state index contributed by atoms with van der Waals surface area (Å²) in [6.07, 6.45) is 0.581. The van der Waals surface area contributed by atoms with Crippen molar-refractivity contribution in [1.82, 2.24) is 4.98 Å². The van der Waals surface area contributed by atoms with Crippen molar-refractivity contribution in [2.75, 3.05) is 10.6 Å². The van der Waals surface area contributed by atoms with Crippen LogP contribution in [0.4, 0.5) is 15.2 Å². The average Bonchev–Trinajstić information content (AvgIpc) is 3.11. The van der Waals surface area contributed by atoms with E-state index >= 15 is 0 Å². The van der Waals surface area contributed by atoms with Gasteiger partial charge in [-0.15, -0.1) is 11.3 Å². The van der Waals surface area contributed by atoms with E-state index in [0.29, 0.717) is 33.5 Å². The molecule has 5 nitrogen and oxygen atoms in total. The molecule has 0 bridgehead atoms. The fourth-order valence-corrected chi connectivity index (χ4v) is 3.34. The second-order valence-electron chi connectivity index (χ2n) is 5.78. The molecular weight excluding hydrogens is 424 g/mol. The molecule has 0 radical (unpaired) electrons. The molecule has 0 aliphatic carbocycles. The molecule has 3 aromatic rings. The Bertz CT molecular complexity index is 1010. The summed E-state index contributed by atoms with van der Waals surface area (Å²) in [4.78, 5) is 28.5. The molecular formula is C19H14Cl2FN3O2S. The number of hydrogen-bond donors (Lipinski definition) is 2. The number of anilines is 2. The van der Waals surface area contributed by atoms with E-state index in [0.717, 1.165) is 0 Å². The van der Waals surface area contributed by atoms with Crippen LogP contribution in [0, 0.1) is 5.82 Å². The van der Waals surface area contributed by atoms with Gasteiger partial charge in [-0.1, -0.05) is 23.2 Å². The second-order valence-corrected chi connectivity index (χ2v) is 7.48. The van der Waals surface area contributed by atoms with E-state index in [1.54, 1.807) is 29.6 Å². The van der Waals surface area contributed by atoms with E-state index in [-0.39, 0.29) is 23.3 Å². The number of benzene rings is 2. The minimum Gasteiger partial charge on any atom is -0.326 e. The average molecular weight is 438 g/mol. The predicted octanol–water partition coefficient (Wildman–Crippen LogP) is 5.41. The van der Waals surface area contributed by atoms with Crippen molar-refractivity contribution in [2.45, 2.75) is 12.8 Å². The largest absolute Gasteiger partial charge is 0.326 e. The number of hydrogen-bond acceptors (Lipinski definition) is 4. The predicted molar refractivity (Wildman–Crippen MR) is 110 cm³/mol. The zero-order valence-corrected chi connectivity index (χ0v) is 16.7. The molecule has 3 rings (SSSR count). The summed E-state index contributed by atoms with van der Waals surface area (Å²) >= 11 is 12.8. The topological polar surface area (TPSA) is 71.1 Å². The van der Waals surface area contributed by atoms with Crippen LogP contribution in [0.15, 0.2) is 47.8 Å². The fourth-order valence-electron chi connectivity index (χ4n) is 2.29. The van der Waals surface area contributed by atoms with Gasteiger partial charge in [0, 0.05) is 28.1 Å². The summed E-state index contributed by atoms with van der Waals surface area (Å²) < 4.78 is 13.1. The third-order valence-electron chi connectivity index (χ3n) is 3.69. The molecule has 2 amide bonds. The number of carbonyl (C=O) groups excluding carboxylic acids is 2. The van der Waals surface area contributed by atoms with Crippen molar-refractivity contribution >= 4 is 57.2 Å². The van der Waals surface area contributed by atoms with Crippen molar-refractivity contribution in [3.05, 3.63) is 75.0 Å². The maximum atomic E-state index is 13.1. The van der Waals surface area contributed by atoms with Crippen LogP contribution in [0.2, 0.25) is 10.0 Å². The molecule has 0 unspecified atom stereocenters. The number of amides is 2. The quantitative estimate of drug-likeness (QED) is 0.541. The molecule has 0 fully saturated rings. The summed E-state index contributed by atoms with van der Waals surface area (Å²) in [5, 5.41) is 8.08. The number of halogens is 3. The third-order valence-corrected chi connectivity index (χ3v) is 5.04. The Hall–Kier alpha value is -2.48. The highest BCUT2D eigenvalue weighted by Gasteiger charge is 2.11. The van der Waals surface area contributed by atoms with Gasteiger partial charge in [0.2, 0.25) is 5.91 Å². The maximum absolute atomic E-state index is 13.1. The van der Waals surface area contributed by atoms with Crippen LogP contribution in [0.1, 0.15) is 22.5 Å². The van der Waals surface area contributed by atoms with E-state index in [1.807, 2.05) is 0 Å². The first-order chi connectivity index (χ1) is 13.4. The minimum absolute atomic E-state index is 0.0571. The van der Waals surface area contributed by atoms with Crippen LogP contribution < -0.4 is 10.6 Å². The first-order valence-electron chi connectivity index (χ1n) is 8.17. The Kier molecular flexibility index (Phi) is 6.61. The van der Waals surface area contributed by atoms with Crippen LogP contribution in [-0.2, 0) is 11.2 Å². The van der Waals surface area contributed by atoms with Gasteiger partial charge in [-0.3, -0.25) is 14.9 Å². The SMILES string of the molecule is O=C(CCc1csc(NC(=O)c2ccc(Cl)cc2)n1)Nc1ccc(F)c(Cl)c1. The lowest BCUT2D eigenvalue weighted by molar-refractivity contribution is -0.116. The van der Waals surface area contributed by atoms with Crippen LogP contribution in [0.3, 0.4) is 0 Å². The Morgan fingerprint density at radius 2 is 1.82 bits per heavy atom. The van der Waals surface area contributed by atoms with Crippen LogP contribution in [0.5, 0.6) is 0 Å². The molecule has 1 aromatic heterocycles. The van der Waals surface area contributed by atoms with Crippen molar-refractivity contribution in [1.29, 1.82) is 0 Å². The molecule has 0 spiro atoms. The lowest BCUT2D eigenvalue weighted by Crippen LogP contribution is -2.13. The Labute approximate surface area is 174 Å². The molecule has 144 valence electrons. The highest BCUT2D eigenvalue weighted by molar-refractivity contribution is 7.14. The zero-order valence-electron chi connectivity index (χ0n) is 14.3. The Morgan fingerprint density at radius 1 is 1.07 bits per heavy atom. The lowest BCUT2D eigenvalue weighted by Gasteiger charge is -2.05. The van der Waals surface area contributed by atoms with E-state index in [4.69, 9.17) is 23.2 Å². The summed E-state index contributed by atoms with van der Waals surface area (Å²) in [6.45, 7) is 0. The maximum Gasteiger partial charge on any atom is 0.257 e. The van der Waals surface area contributed by atoms with Crippen LogP contribution >= 0.6 is 34.5 Å². The van der Waals surface area contributed by atoms with Crippen molar-refractivity contribution in [2.24, 2.45) is 0 Å². The fraction of sp³-hybridized carbons (Fsp3) is 0.105. The van der Waals surface area contributed by atoms with Gasteiger partial charge in [0.05, 0.1) is 10.7 Å². The molecule has 0 saturated heterocycles. The number of nitrogens with zero attached hydrogens (tertiary/aromatic N) is 1. The summed E-state index contributed by atoms with van der Waals surface area (Å²) in [6, 6.07) is 10.5. The molecule has 28 heavy (non-hydrogen) atoms. The smallest absolute Gasteiger partial charge is 0.257 e. The Balaban J connectivity index is 1.51. The first kappa shape index (κ1) is 20.3. The van der Waals surface area contributed by atoms with E-state index in [2.05, 4.69) is 15.6 Å². The van der Waals surface area contributed by atoms with Gasteiger partial charge in [-0.05, 0) is 48.9 Å². The Morgan fingerprint density at radius 3 is 2.54 bits per heavy atom. The monoisotopic (exact) mass is 437 g/mol. The minimum atomic E-state index is -0.546. The van der Waals surface area contributed by atoms with E-state index in [1.165, 1.54) is 29.5 Å². The molecule has 0 saturated carbocycles. The van der Waals surface area contributed by atoms with Gasteiger partial charge >= 0.3 is 0 Å². The molecule has 0 aliphatic rings. The number of aromatic nitrogens is 1. The van der Waals surface area contributed by atoms with Gasteiger partial charge in [0.25, 0.3) is 5.91 Å². The molecule has 2 aromatic carbocycles. The number of thiazole rings is 1. The number of nitrogens with one attached hydrogen (secondary N) is 2. The summed E-state index contributed by atoms with van der Waals surface area (Å²) in [5.41, 5.74) is 1.58. The van der Waals surface area contributed by atoms with Gasteiger partial charge in [-0.25, -0.2) is 9.37 Å². The molecule has 2 N–H and O–H groups in total. The standard InChI is InChI=1S/C19H14Cl2FN3O2S/c20-12-3-1-11(2-4-12)18(27)25-19-24-14(10-28-19)6-8-17(26)23-13-5-7-16(22)15(21)9-13/h1-5,7,9-10H,6,8H2,(H,23,26)(H,24,25,27). The first-order valence-corrected chi connectivity index (χ1v) is 9.80. The van der Waals surface area contributed by atoms with Gasteiger partial charge in [-0.2, -0.15) is 0 Å². The van der Waals surface area contributed by atoms with Gasteiger partial charge < -0.3 is 5.32 Å². The van der Waals surface area contributed by atoms with Crippen LogP contribution in [-0.4, -0.2) is 16.8 Å². The number of aryl methyl sites for hydroxylation is 1. The molecule has 1 heterocycles. The normalized spacial score (nSPS) is 10.5. The molecule has 0 atom stereocenters. The second kappa shape index (κ2) is 9.14. The lowest BCUT2D eigenvalue weighted by atomic mass is 10.2. The summed E-state index contributed by atoms with van der Waals surface area (Å²) in [7, 11) is 0. The van der Waals surface area contributed by atoms with Crippen molar-refractivity contribution < 1.29 is 14.0 Å². The van der Waals surface area contributed by atoms with E-state index in [9.17, 15) is 14.0 Å². The zero-order chi connectivity index (χ0) is 20.1. The van der Waals surface area contributed by atoms with Crippen LogP contribution in [0.25, 0.3) is 0 Å². The molecule has 9 heteroatoms. The third kappa shape index (κ3) is 5.51. The number of carbonyl (C=O) groups is 2. The molecule has 0 aliphatic heterocycles.